The van der Waals surface area contributed by atoms with Gasteiger partial charge < -0.3 is 10.6 Å². The zero-order valence-corrected chi connectivity index (χ0v) is 16.8. The molecule has 6 nitrogen and oxygen atoms in total. The number of guanidine groups is 1. The number of rotatable bonds is 5. The Morgan fingerprint density at radius 3 is 2.96 bits per heavy atom. The smallest absolute Gasteiger partial charge is 0.191 e. The molecule has 27 heavy (non-hydrogen) atoms. The number of aliphatic imine (C=N–C) groups is 1. The first-order valence-corrected chi connectivity index (χ1v) is 10.2. The highest BCUT2D eigenvalue weighted by Gasteiger charge is 2.44. The molecular weight excluding hydrogens is 360 g/mol. The first-order chi connectivity index (χ1) is 13.1. The van der Waals surface area contributed by atoms with E-state index in [2.05, 4.69) is 44.8 Å². The summed E-state index contributed by atoms with van der Waals surface area (Å²) in [5.74, 6) is 2.89. The van der Waals surface area contributed by atoms with Crippen molar-refractivity contribution in [1.29, 1.82) is 0 Å². The van der Waals surface area contributed by atoms with Crippen molar-refractivity contribution >= 4 is 17.6 Å². The standard InChI is InChI=1S/C20H27ClN6/c1-3-17-25-18-8-7-16(12-27(18)26-17)24-19(22-2)23-13-20(9-10-20)14-5-4-6-15(21)11-14/h4-6,11,16H,3,7-10,12-13H2,1-2H3,(H2,22,23,24). The van der Waals surface area contributed by atoms with Gasteiger partial charge >= 0.3 is 0 Å². The summed E-state index contributed by atoms with van der Waals surface area (Å²) in [6.45, 7) is 3.80. The molecule has 2 aliphatic rings. The minimum absolute atomic E-state index is 0.185. The van der Waals surface area contributed by atoms with E-state index in [9.17, 15) is 0 Å². The predicted octanol–water partition coefficient (Wildman–Crippen LogP) is 2.71. The fourth-order valence-corrected chi connectivity index (χ4v) is 4.00. The average Bonchev–Trinajstić information content (AvgIpc) is 3.36. The first kappa shape index (κ1) is 18.3. The Labute approximate surface area is 165 Å². The number of hydrogen-bond acceptors (Lipinski definition) is 3. The Morgan fingerprint density at radius 1 is 1.41 bits per heavy atom. The second kappa shape index (κ2) is 7.50. The van der Waals surface area contributed by atoms with E-state index >= 15 is 0 Å². The van der Waals surface area contributed by atoms with Crippen LogP contribution in [-0.2, 0) is 24.8 Å². The lowest BCUT2D eigenvalue weighted by Crippen LogP contribution is -2.48. The second-order valence-electron chi connectivity index (χ2n) is 7.58. The van der Waals surface area contributed by atoms with E-state index in [-0.39, 0.29) is 5.41 Å². The molecule has 1 saturated carbocycles. The van der Waals surface area contributed by atoms with E-state index in [0.29, 0.717) is 6.04 Å². The molecule has 2 heterocycles. The molecule has 1 aliphatic carbocycles. The molecule has 0 amide bonds. The molecule has 1 unspecified atom stereocenters. The summed E-state index contributed by atoms with van der Waals surface area (Å²) in [6.07, 6.45) is 5.24. The third-order valence-electron chi connectivity index (χ3n) is 5.67. The van der Waals surface area contributed by atoms with Gasteiger partial charge in [-0.3, -0.25) is 4.99 Å². The number of aryl methyl sites for hydroxylation is 2. The molecule has 1 aromatic carbocycles. The van der Waals surface area contributed by atoms with Gasteiger partial charge in [0.15, 0.2) is 11.8 Å². The van der Waals surface area contributed by atoms with Gasteiger partial charge in [-0.05, 0) is 37.0 Å². The molecule has 0 spiro atoms. The Kier molecular flexibility index (Phi) is 5.08. The molecule has 1 atom stereocenters. The molecule has 1 fully saturated rings. The van der Waals surface area contributed by atoms with Gasteiger partial charge in [-0.25, -0.2) is 9.67 Å². The Bertz CT molecular complexity index is 839. The van der Waals surface area contributed by atoms with Crippen LogP contribution in [0.4, 0.5) is 0 Å². The van der Waals surface area contributed by atoms with Crippen molar-refractivity contribution in [3.8, 4) is 0 Å². The summed E-state index contributed by atoms with van der Waals surface area (Å²) in [7, 11) is 1.83. The highest BCUT2D eigenvalue weighted by molar-refractivity contribution is 6.30. The van der Waals surface area contributed by atoms with Crippen LogP contribution in [0.15, 0.2) is 29.3 Å². The van der Waals surface area contributed by atoms with Gasteiger partial charge in [0.05, 0.1) is 6.54 Å². The Hall–Kier alpha value is -2.08. The molecule has 2 aromatic rings. The molecule has 0 radical (unpaired) electrons. The van der Waals surface area contributed by atoms with Crippen LogP contribution in [0, 0.1) is 0 Å². The summed E-state index contributed by atoms with van der Waals surface area (Å²) in [6, 6.07) is 8.55. The van der Waals surface area contributed by atoms with Crippen molar-refractivity contribution in [3.05, 3.63) is 46.5 Å². The van der Waals surface area contributed by atoms with Gasteiger partial charge in [0.1, 0.15) is 5.82 Å². The number of aromatic nitrogens is 3. The van der Waals surface area contributed by atoms with Crippen molar-refractivity contribution in [1.82, 2.24) is 25.4 Å². The van der Waals surface area contributed by atoms with Crippen LogP contribution in [-0.4, -0.2) is 40.4 Å². The summed E-state index contributed by atoms with van der Waals surface area (Å²) >= 11 is 6.18. The molecular formula is C20H27ClN6. The van der Waals surface area contributed by atoms with Crippen molar-refractivity contribution in [2.45, 2.75) is 57.0 Å². The van der Waals surface area contributed by atoms with E-state index in [1.807, 2.05) is 23.9 Å². The topological polar surface area (TPSA) is 67.1 Å². The maximum atomic E-state index is 6.18. The average molecular weight is 387 g/mol. The van der Waals surface area contributed by atoms with Gasteiger partial charge in [0.2, 0.25) is 0 Å². The quantitative estimate of drug-likeness (QED) is 0.612. The number of nitrogens with one attached hydrogen (secondary N) is 2. The number of halogens is 1. The third-order valence-corrected chi connectivity index (χ3v) is 5.90. The van der Waals surface area contributed by atoms with Crippen LogP contribution in [0.25, 0.3) is 0 Å². The fraction of sp³-hybridized carbons (Fsp3) is 0.550. The molecule has 1 aliphatic heterocycles. The van der Waals surface area contributed by atoms with E-state index in [1.165, 1.54) is 18.4 Å². The molecule has 0 saturated heterocycles. The molecule has 2 N–H and O–H groups in total. The van der Waals surface area contributed by atoms with Gasteiger partial charge in [-0.1, -0.05) is 30.7 Å². The van der Waals surface area contributed by atoms with Gasteiger partial charge in [-0.2, -0.15) is 5.10 Å². The maximum absolute atomic E-state index is 6.18. The molecule has 1 aromatic heterocycles. The summed E-state index contributed by atoms with van der Waals surface area (Å²) < 4.78 is 2.04. The van der Waals surface area contributed by atoms with Crippen molar-refractivity contribution in [2.24, 2.45) is 4.99 Å². The lowest BCUT2D eigenvalue weighted by atomic mass is 9.96. The van der Waals surface area contributed by atoms with E-state index in [1.54, 1.807) is 0 Å². The maximum Gasteiger partial charge on any atom is 0.191 e. The summed E-state index contributed by atoms with van der Waals surface area (Å²) in [4.78, 5) is 9.01. The number of nitrogens with zero attached hydrogens (tertiary/aromatic N) is 4. The second-order valence-corrected chi connectivity index (χ2v) is 8.01. The molecule has 0 bridgehead atoms. The number of benzene rings is 1. The van der Waals surface area contributed by atoms with Crippen LogP contribution in [0.1, 0.15) is 43.4 Å². The SMILES string of the molecule is CCc1nc2n(n1)CC(NC(=NC)NCC1(c3cccc(Cl)c3)CC1)CC2. The van der Waals surface area contributed by atoms with Crippen LogP contribution >= 0.6 is 11.6 Å². The summed E-state index contributed by atoms with van der Waals surface area (Å²) in [5.41, 5.74) is 1.50. The third kappa shape index (κ3) is 3.95. The number of fused-ring (bicyclic) bond motifs is 1. The molecule has 4 rings (SSSR count). The van der Waals surface area contributed by atoms with E-state index < -0.39 is 0 Å². The highest BCUT2D eigenvalue weighted by Crippen LogP contribution is 2.48. The monoisotopic (exact) mass is 386 g/mol. The zero-order valence-electron chi connectivity index (χ0n) is 16.0. The Balaban J connectivity index is 1.35. The molecule has 144 valence electrons. The predicted molar refractivity (Wildman–Crippen MR) is 108 cm³/mol. The first-order valence-electron chi connectivity index (χ1n) is 9.78. The van der Waals surface area contributed by atoms with Crippen LogP contribution in [0.2, 0.25) is 5.02 Å². The van der Waals surface area contributed by atoms with Gasteiger partial charge in [-0.15, -0.1) is 0 Å². The number of hydrogen-bond donors (Lipinski definition) is 2. The van der Waals surface area contributed by atoms with Crippen LogP contribution in [0.3, 0.4) is 0 Å². The lowest BCUT2D eigenvalue weighted by Gasteiger charge is -2.26. The summed E-state index contributed by atoms with van der Waals surface area (Å²) in [5, 5.41) is 12.5. The minimum Gasteiger partial charge on any atom is -0.356 e. The Morgan fingerprint density at radius 2 is 2.26 bits per heavy atom. The van der Waals surface area contributed by atoms with Crippen molar-refractivity contribution in [3.63, 3.8) is 0 Å². The fourth-order valence-electron chi connectivity index (χ4n) is 3.81. The van der Waals surface area contributed by atoms with Crippen LogP contribution in [0.5, 0.6) is 0 Å². The van der Waals surface area contributed by atoms with Crippen molar-refractivity contribution < 1.29 is 0 Å². The van der Waals surface area contributed by atoms with Gasteiger partial charge in [0.25, 0.3) is 0 Å². The van der Waals surface area contributed by atoms with Crippen LogP contribution < -0.4 is 10.6 Å². The normalized spacial score (nSPS) is 20.9. The van der Waals surface area contributed by atoms with E-state index in [0.717, 1.165) is 55.0 Å². The van der Waals surface area contributed by atoms with Crippen molar-refractivity contribution in [2.75, 3.05) is 13.6 Å². The van der Waals surface area contributed by atoms with Gasteiger partial charge in [0, 0.05) is 42.9 Å². The van der Waals surface area contributed by atoms with E-state index in [4.69, 9.17) is 11.6 Å². The molecule has 7 heteroatoms. The zero-order chi connectivity index (χ0) is 18.9. The minimum atomic E-state index is 0.185. The lowest BCUT2D eigenvalue weighted by molar-refractivity contribution is 0.391. The largest absolute Gasteiger partial charge is 0.356 e. The highest BCUT2D eigenvalue weighted by atomic mass is 35.5.